The molecule has 0 heterocycles. The minimum absolute atomic E-state index is 0.175. The largest absolute Gasteiger partial charge is 0.324 e. The van der Waals surface area contributed by atoms with Crippen LogP contribution in [-0.2, 0) is 0 Å². The lowest BCUT2D eigenvalue weighted by Gasteiger charge is -2.13. The van der Waals surface area contributed by atoms with Gasteiger partial charge in [-0.3, -0.25) is 0 Å². The van der Waals surface area contributed by atoms with E-state index in [1.54, 1.807) is 0 Å². The molecule has 1 aromatic rings. The molecule has 2 rings (SSSR count). The molecule has 0 saturated heterocycles. The van der Waals surface area contributed by atoms with Gasteiger partial charge in [0.15, 0.2) is 0 Å². The quantitative estimate of drug-likeness (QED) is 0.895. The summed E-state index contributed by atoms with van der Waals surface area (Å²) in [5, 5.41) is 0. The van der Waals surface area contributed by atoms with E-state index >= 15 is 0 Å². The summed E-state index contributed by atoms with van der Waals surface area (Å²) in [5.74, 6) is 0.871. The average Bonchev–Trinajstić information content (AvgIpc) is 2.93. The Labute approximate surface area is 101 Å². The summed E-state index contributed by atoms with van der Waals surface area (Å²) < 4.78 is 2.22. The number of rotatable bonds is 3. The van der Waals surface area contributed by atoms with Crippen molar-refractivity contribution in [1.82, 2.24) is 0 Å². The van der Waals surface area contributed by atoms with Gasteiger partial charge >= 0.3 is 0 Å². The summed E-state index contributed by atoms with van der Waals surface area (Å²) >= 11 is 7.01. The molecule has 0 aromatic heterocycles. The van der Waals surface area contributed by atoms with Crippen molar-refractivity contribution in [3.8, 4) is 0 Å². The minimum Gasteiger partial charge on any atom is -0.324 e. The molecule has 1 unspecified atom stereocenters. The Bertz CT molecular complexity index is 334. The van der Waals surface area contributed by atoms with E-state index in [9.17, 15) is 0 Å². The van der Waals surface area contributed by atoms with Crippen molar-refractivity contribution < 1.29 is 0 Å². The molecular formula is C11H13Br2N. The molecular weight excluding hydrogens is 306 g/mol. The Balaban J connectivity index is 2.15. The van der Waals surface area contributed by atoms with Crippen LogP contribution in [-0.4, -0.2) is 0 Å². The predicted molar refractivity (Wildman–Crippen MR) is 66.1 cm³/mol. The van der Waals surface area contributed by atoms with Crippen LogP contribution in [0.4, 0.5) is 0 Å². The zero-order chi connectivity index (χ0) is 10.1. The van der Waals surface area contributed by atoms with Crippen molar-refractivity contribution in [3.05, 3.63) is 32.7 Å². The molecule has 1 nitrogen and oxygen atoms in total. The maximum absolute atomic E-state index is 6.15. The zero-order valence-corrected chi connectivity index (χ0v) is 11.0. The lowest BCUT2D eigenvalue weighted by Crippen LogP contribution is -2.11. The number of hydrogen-bond acceptors (Lipinski definition) is 1. The SMILES string of the molecule is NC(CC1CC1)c1cc(Br)ccc1Br. The average molecular weight is 319 g/mol. The van der Waals surface area contributed by atoms with Gasteiger partial charge in [-0.15, -0.1) is 0 Å². The van der Waals surface area contributed by atoms with Crippen molar-refractivity contribution in [2.24, 2.45) is 11.7 Å². The van der Waals surface area contributed by atoms with Crippen molar-refractivity contribution in [3.63, 3.8) is 0 Å². The van der Waals surface area contributed by atoms with Gasteiger partial charge in [-0.2, -0.15) is 0 Å². The van der Waals surface area contributed by atoms with Crippen LogP contribution in [0.25, 0.3) is 0 Å². The number of hydrogen-bond donors (Lipinski definition) is 1. The fraction of sp³-hybridized carbons (Fsp3) is 0.455. The highest BCUT2D eigenvalue weighted by Gasteiger charge is 2.25. The molecule has 1 saturated carbocycles. The van der Waals surface area contributed by atoms with Gasteiger partial charge in [0.25, 0.3) is 0 Å². The van der Waals surface area contributed by atoms with Crippen molar-refractivity contribution >= 4 is 31.9 Å². The highest BCUT2D eigenvalue weighted by molar-refractivity contribution is 9.11. The van der Waals surface area contributed by atoms with Gasteiger partial charge in [0.2, 0.25) is 0 Å². The number of nitrogens with two attached hydrogens (primary N) is 1. The highest BCUT2D eigenvalue weighted by atomic mass is 79.9. The summed E-state index contributed by atoms with van der Waals surface area (Å²) in [6.45, 7) is 0. The van der Waals surface area contributed by atoms with E-state index in [2.05, 4.69) is 37.9 Å². The molecule has 1 aliphatic rings. The van der Waals surface area contributed by atoms with Gasteiger partial charge in [0, 0.05) is 15.0 Å². The fourth-order valence-electron chi connectivity index (χ4n) is 1.64. The molecule has 1 fully saturated rings. The fourth-order valence-corrected chi connectivity index (χ4v) is 2.56. The maximum atomic E-state index is 6.15. The molecule has 0 aliphatic heterocycles. The third-order valence-corrected chi connectivity index (χ3v) is 3.86. The van der Waals surface area contributed by atoms with Crippen LogP contribution in [0.15, 0.2) is 27.1 Å². The van der Waals surface area contributed by atoms with Crippen LogP contribution in [0.5, 0.6) is 0 Å². The Kier molecular flexibility index (Phi) is 3.30. The number of halogens is 2. The van der Waals surface area contributed by atoms with Gasteiger partial charge in [0.1, 0.15) is 0 Å². The van der Waals surface area contributed by atoms with E-state index in [4.69, 9.17) is 5.73 Å². The van der Waals surface area contributed by atoms with Crippen LogP contribution in [0.1, 0.15) is 30.9 Å². The first-order valence-electron chi connectivity index (χ1n) is 4.87. The summed E-state index contributed by atoms with van der Waals surface area (Å²) in [7, 11) is 0. The maximum Gasteiger partial charge on any atom is 0.0309 e. The van der Waals surface area contributed by atoms with Crippen LogP contribution in [0.3, 0.4) is 0 Å². The third-order valence-electron chi connectivity index (χ3n) is 2.64. The van der Waals surface area contributed by atoms with Crippen LogP contribution in [0, 0.1) is 5.92 Å². The molecule has 3 heteroatoms. The molecule has 1 atom stereocenters. The molecule has 14 heavy (non-hydrogen) atoms. The molecule has 2 N–H and O–H groups in total. The highest BCUT2D eigenvalue weighted by Crippen LogP contribution is 2.38. The number of benzene rings is 1. The van der Waals surface area contributed by atoms with Crippen molar-refractivity contribution in [1.29, 1.82) is 0 Å². The van der Waals surface area contributed by atoms with Crippen LogP contribution in [0.2, 0.25) is 0 Å². The van der Waals surface area contributed by atoms with E-state index in [1.807, 2.05) is 12.1 Å². The van der Waals surface area contributed by atoms with E-state index in [0.29, 0.717) is 0 Å². The van der Waals surface area contributed by atoms with E-state index in [1.165, 1.54) is 18.4 Å². The Morgan fingerprint density at radius 2 is 2.07 bits per heavy atom. The Hall–Kier alpha value is 0.140. The second kappa shape index (κ2) is 4.33. The van der Waals surface area contributed by atoms with E-state index in [0.717, 1.165) is 21.3 Å². The topological polar surface area (TPSA) is 26.0 Å². The first-order chi connectivity index (χ1) is 6.66. The molecule has 0 spiro atoms. The normalized spacial score (nSPS) is 18.2. The van der Waals surface area contributed by atoms with Crippen molar-refractivity contribution in [2.45, 2.75) is 25.3 Å². The lowest BCUT2D eigenvalue weighted by molar-refractivity contribution is 0.595. The molecule has 1 aliphatic carbocycles. The van der Waals surface area contributed by atoms with E-state index in [-0.39, 0.29) is 6.04 Å². The van der Waals surface area contributed by atoms with E-state index < -0.39 is 0 Å². The second-order valence-corrected chi connectivity index (χ2v) is 5.72. The lowest BCUT2D eigenvalue weighted by atomic mass is 10.0. The first kappa shape index (κ1) is 10.7. The first-order valence-corrected chi connectivity index (χ1v) is 6.46. The summed E-state index contributed by atoms with van der Waals surface area (Å²) in [6, 6.07) is 6.36. The van der Waals surface area contributed by atoms with Gasteiger partial charge < -0.3 is 5.73 Å². The third kappa shape index (κ3) is 2.59. The van der Waals surface area contributed by atoms with Crippen molar-refractivity contribution in [2.75, 3.05) is 0 Å². The summed E-state index contributed by atoms with van der Waals surface area (Å²) in [6.07, 6.45) is 3.84. The monoisotopic (exact) mass is 317 g/mol. The Morgan fingerprint density at radius 3 is 2.71 bits per heavy atom. The molecule has 0 amide bonds. The molecule has 76 valence electrons. The molecule has 1 aromatic carbocycles. The van der Waals surface area contributed by atoms with Crippen LogP contribution >= 0.6 is 31.9 Å². The van der Waals surface area contributed by atoms with Crippen LogP contribution < -0.4 is 5.73 Å². The standard InChI is InChI=1S/C11H13Br2N/c12-8-3-4-10(13)9(6-8)11(14)5-7-1-2-7/h3-4,6-7,11H,1-2,5,14H2. The Morgan fingerprint density at radius 1 is 1.36 bits per heavy atom. The zero-order valence-electron chi connectivity index (χ0n) is 7.84. The minimum atomic E-state index is 0.175. The smallest absolute Gasteiger partial charge is 0.0309 e. The second-order valence-electron chi connectivity index (χ2n) is 3.95. The molecule has 0 bridgehead atoms. The predicted octanol–water partition coefficient (Wildman–Crippen LogP) is 4.01. The summed E-state index contributed by atoms with van der Waals surface area (Å²) in [4.78, 5) is 0. The van der Waals surface area contributed by atoms with Gasteiger partial charge in [-0.1, -0.05) is 44.7 Å². The van der Waals surface area contributed by atoms with Gasteiger partial charge in [-0.25, -0.2) is 0 Å². The molecule has 0 radical (unpaired) electrons. The summed E-state index contributed by atoms with van der Waals surface area (Å²) in [5.41, 5.74) is 7.37. The van der Waals surface area contributed by atoms with Gasteiger partial charge in [-0.05, 0) is 36.1 Å². The van der Waals surface area contributed by atoms with Gasteiger partial charge in [0.05, 0.1) is 0 Å².